The molecule has 0 unspecified atom stereocenters. The van der Waals surface area contributed by atoms with Gasteiger partial charge in [-0.1, -0.05) is 6.92 Å². The Morgan fingerprint density at radius 1 is 1.16 bits per heavy atom. The lowest BCUT2D eigenvalue weighted by molar-refractivity contribution is -0.161. The molecular formula is C26H40FN3O2. The molecule has 32 heavy (non-hydrogen) atoms. The predicted molar refractivity (Wildman–Crippen MR) is 121 cm³/mol. The summed E-state index contributed by atoms with van der Waals surface area (Å²) in [5.74, 6) is 2.52. The van der Waals surface area contributed by atoms with Crippen LogP contribution in [0.5, 0.6) is 0 Å². The zero-order valence-corrected chi connectivity index (χ0v) is 20.0. The number of carbonyl (C=O) groups is 1. The second-order valence-corrected chi connectivity index (χ2v) is 12.2. The molecule has 1 heterocycles. The lowest BCUT2D eigenvalue weighted by atomic mass is 9.42. The van der Waals surface area contributed by atoms with Crippen LogP contribution in [-0.4, -0.2) is 38.2 Å². The number of ketones is 1. The minimum Gasteiger partial charge on any atom is -0.390 e. The molecule has 8 atom stereocenters. The van der Waals surface area contributed by atoms with Gasteiger partial charge in [0.1, 0.15) is 6.54 Å². The number of alkyl halides is 1. The molecule has 1 aromatic rings. The van der Waals surface area contributed by atoms with E-state index in [9.17, 15) is 14.3 Å². The maximum Gasteiger partial charge on any atom is 0.159 e. The van der Waals surface area contributed by atoms with Gasteiger partial charge in [-0.3, -0.25) is 9.18 Å². The van der Waals surface area contributed by atoms with Crippen LogP contribution in [0.4, 0.5) is 4.39 Å². The highest BCUT2D eigenvalue weighted by Crippen LogP contribution is 2.69. The van der Waals surface area contributed by atoms with Gasteiger partial charge in [-0.25, -0.2) is 0 Å². The molecule has 5 nitrogen and oxygen atoms in total. The summed E-state index contributed by atoms with van der Waals surface area (Å²) < 4.78 is 13.9. The number of carbonyl (C=O) groups excluding carboxylic acids is 1. The number of fused-ring (bicyclic) bond motifs is 5. The number of nitrogens with zero attached hydrogens (tertiary/aromatic N) is 3. The van der Waals surface area contributed by atoms with E-state index in [4.69, 9.17) is 0 Å². The number of Topliss-reactive ketones (excluding diaryl/α,β-unsaturated/α-hetero) is 1. The van der Waals surface area contributed by atoms with Crippen LogP contribution in [0, 0.1) is 47.3 Å². The van der Waals surface area contributed by atoms with E-state index in [1.54, 1.807) is 11.0 Å². The zero-order chi connectivity index (χ0) is 22.7. The van der Waals surface area contributed by atoms with Gasteiger partial charge in [0.2, 0.25) is 0 Å². The number of aryl methyl sites for hydroxylation is 1. The first-order valence-electron chi connectivity index (χ1n) is 12.9. The van der Waals surface area contributed by atoms with Crippen molar-refractivity contribution in [2.45, 2.75) is 97.1 Å². The van der Waals surface area contributed by atoms with Gasteiger partial charge in [0, 0.05) is 5.92 Å². The second-order valence-electron chi connectivity index (χ2n) is 12.2. The SMILES string of the molecule is Cc1cnn(CC(=O)[C@H]2CC[C@H]3[C@@H]4CC[C@H]5C[C@](C)(O)CC[C@]5(CCF)[C@H]4CC[C@]23C)n1. The lowest BCUT2D eigenvalue weighted by Crippen LogP contribution is -2.57. The Labute approximate surface area is 191 Å². The highest BCUT2D eigenvalue weighted by Gasteiger charge is 2.62. The third-order valence-corrected chi connectivity index (χ3v) is 10.5. The van der Waals surface area contributed by atoms with Crippen LogP contribution >= 0.6 is 0 Å². The van der Waals surface area contributed by atoms with Crippen molar-refractivity contribution in [2.24, 2.45) is 40.4 Å². The third-order valence-electron chi connectivity index (χ3n) is 10.5. The summed E-state index contributed by atoms with van der Waals surface area (Å²) in [6.45, 7) is 6.26. The number of aromatic nitrogens is 3. The maximum absolute atomic E-state index is 13.9. The number of hydrogen-bond acceptors (Lipinski definition) is 4. The Balaban J connectivity index is 1.37. The molecule has 6 heteroatoms. The molecular weight excluding hydrogens is 405 g/mol. The molecule has 178 valence electrons. The van der Waals surface area contributed by atoms with E-state index in [1.165, 1.54) is 6.42 Å². The molecule has 4 saturated carbocycles. The molecule has 4 aliphatic rings. The summed E-state index contributed by atoms with van der Waals surface area (Å²) in [7, 11) is 0. The normalized spacial score (nSPS) is 45.7. The summed E-state index contributed by atoms with van der Waals surface area (Å²) >= 11 is 0. The van der Waals surface area contributed by atoms with Gasteiger partial charge in [0.15, 0.2) is 5.78 Å². The molecule has 4 fully saturated rings. The van der Waals surface area contributed by atoms with Crippen LogP contribution in [0.15, 0.2) is 6.20 Å². The Bertz CT molecular complexity index is 869. The number of rotatable bonds is 5. The van der Waals surface area contributed by atoms with E-state index < -0.39 is 5.60 Å². The van der Waals surface area contributed by atoms with E-state index in [0.29, 0.717) is 30.1 Å². The molecule has 1 N–H and O–H groups in total. The predicted octanol–water partition coefficient (Wildman–Crippen LogP) is 4.91. The molecule has 0 radical (unpaired) electrons. The van der Waals surface area contributed by atoms with Gasteiger partial charge in [-0.2, -0.15) is 15.0 Å². The summed E-state index contributed by atoms with van der Waals surface area (Å²) in [5, 5.41) is 19.3. The fourth-order valence-electron chi connectivity index (χ4n) is 9.15. The van der Waals surface area contributed by atoms with Crippen LogP contribution < -0.4 is 0 Å². The molecule has 0 spiro atoms. The van der Waals surface area contributed by atoms with E-state index >= 15 is 0 Å². The number of hydrogen-bond donors (Lipinski definition) is 1. The smallest absolute Gasteiger partial charge is 0.159 e. The van der Waals surface area contributed by atoms with Crippen LogP contribution in [0.25, 0.3) is 0 Å². The number of halogens is 1. The zero-order valence-electron chi connectivity index (χ0n) is 20.0. The van der Waals surface area contributed by atoms with Gasteiger partial charge in [-0.05, 0) is 113 Å². The first-order chi connectivity index (χ1) is 15.2. The van der Waals surface area contributed by atoms with Crippen molar-refractivity contribution in [3.05, 3.63) is 11.9 Å². The Hall–Kier alpha value is -1.30. The van der Waals surface area contributed by atoms with Crippen molar-refractivity contribution in [1.82, 2.24) is 15.0 Å². The molecule has 4 aliphatic carbocycles. The lowest BCUT2D eigenvalue weighted by Gasteiger charge is -2.63. The Morgan fingerprint density at radius 3 is 2.69 bits per heavy atom. The van der Waals surface area contributed by atoms with Crippen LogP contribution in [0.1, 0.15) is 83.7 Å². The molecule has 0 aliphatic heterocycles. The minimum atomic E-state index is -0.593. The fraction of sp³-hybridized carbons (Fsp3) is 0.885. The van der Waals surface area contributed by atoms with Crippen molar-refractivity contribution in [2.75, 3.05) is 6.67 Å². The summed E-state index contributed by atoms with van der Waals surface area (Å²) in [6.07, 6.45) is 11.5. The molecule has 0 saturated heterocycles. The molecule has 0 bridgehead atoms. The first kappa shape index (κ1) is 22.5. The van der Waals surface area contributed by atoms with E-state index in [1.807, 2.05) is 13.8 Å². The van der Waals surface area contributed by atoms with Gasteiger partial charge in [-0.15, -0.1) is 0 Å². The summed E-state index contributed by atoms with van der Waals surface area (Å²) in [6, 6.07) is 0. The molecule has 0 aromatic carbocycles. The van der Waals surface area contributed by atoms with E-state index in [2.05, 4.69) is 17.1 Å². The topological polar surface area (TPSA) is 68.0 Å². The van der Waals surface area contributed by atoms with Gasteiger partial charge >= 0.3 is 0 Å². The van der Waals surface area contributed by atoms with Gasteiger partial charge in [0.05, 0.1) is 24.2 Å². The van der Waals surface area contributed by atoms with Crippen molar-refractivity contribution in [1.29, 1.82) is 0 Å². The summed E-state index contributed by atoms with van der Waals surface area (Å²) in [4.78, 5) is 14.9. The highest BCUT2D eigenvalue weighted by molar-refractivity contribution is 5.82. The molecule has 5 rings (SSSR count). The standard InChI is InChI=1S/C26H40FN3O2/c1-17-15-28-30(29-17)16-23(31)22-7-6-20-19-5-4-18-14-24(2,32)10-11-26(18,12-13-27)21(19)8-9-25(20,22)3/h15,18-22,32H,4-14,16H2,1-3H3/t18-,19-,20-,21-,22+,24+,25-,26+/m0/s1. The maximum atomic E-state index is 13.9. The monoisotopic (exact) mass is 445 g/mol. The molecule has 1 aromatic heterocycles. The highest BCUT2D eigenvalue weighted by atomic mass is 19.1. The summed E-state index contributed by atoms with van der Waals surface area (Å²) in [5.41, 5.74) is 0.351. The minimum absolute atomic E-state index is 0.0460. The van der Waals surface area contributed by atoms with Crippen molar-refractivity contribution < 1.29 is 14.3 Å². The van der Waals surface area contributed by atoms with Crippen LogP contribution in [-0.2, 0) is 11.3 Å². The van der Waals surface area contributed by atoms with Gasteiger partial charge in [0.25, 0.3) is 0 Å². The molecule has 0 amide bonds. The first-order valence-corrected chi connectivity index (χ1v) is 12.9. The van der Waals surface area contributed by atoms with Crippen molar-refractivity contribution >= 4 is 5.78 Å². The Morgan fingerprint density at radius 2 is 1.97 bits per heavy atom. The number of aliphatic hydroxyl groups is 1. The fourth-order valence-corrected chi connectivity index (χ4v) is 9.15. The van der Waals surface area contributed by atoms with E-state index in [-0.39, 0.29) is 35.8 Å². The Kier molecular flexibility index (Phi) is 5.54. The quantitative estimate of drug-likeness (QED) is 0.700. The van der Waals surface area contributed by atoms with Crippen LogP contribution in [0.2, 0.25) is 0 Å². The van der Waals surface area contributed by atoms with Crippen molar-refractivity contribution in [3.8, 4) is 0 Å². The van der Waals surface area contributed by atoms with Crippen molar-refractivity contribution in [3.63, 3.8) is 0 Å². The van der Waals surface area contributed by atoms with Gasteiger partial charge < -0.3 is 5.11 Å². The van der Waals surface area contributed by atoms with E-state index in [0.717, 1.165) is 57.1 Å². The average Bonchev–Trinajstić information content (AvgIpc) is 3.30. The second kappa shape index (κ2) is 7.89. The largest absolute Gasteiger partial charge is 0.390 e. The third kappa shape index (κ3) is 3.47. The average molecular weight is 446 g/mol. The van der Waals surface area contributed by atoms with Crippen LogP contribution in [0.3, 0.4) is 0 Å².